The molecule has 0 aromatic carbocycles. The van der Waals surface area contributed by atoms with Crippen molar-refractivity contribution in [2.24, 2.45) is 0 Å². The first kappa shape index (κ1) is 14.7. The lowest BCUT2D eigenvalue weighted by Gasteiger charge is -2.15. The fourth-order valence-electron chi connectivity index (χ4n) is 0.782. The first-order valence-corrected chi connectivity index (χ1v) is 6.01. The monoisotopic (exact) mass is 246 g/mol. The molecule has 0 unspecified atom stereocenters. The van der Waals surface area contributed by atoms with Gasteiger partial charge in [-0.2, -0.15) is 13.2 Å². The van der Waals surface area contributed by atoms with Crippen LogP contribution < -0.4 is 0 Å². The molecule has 0 spiro atoms. The number of allylic oxidation sites excluding steroid dienone is 1. The van der Waals surface area contributed by atoms with Gasteiger partial charge in [0.25, 0.3) is 0 Å². The molecule has 0 atom stereocenters. The summed E-state index contributed by atoms with van der Waals surface area (Å²) in [5.74, 6) is 0.514. The van der Waals surface area contributed by atoms with Crippen LogP contribution in [0.15, 0.2) is 11.4 Å². The van der Waals surface area contributed by atoms with Crippen LogP contribution >= 0.6 is 7.60 Å². The molecule has 7 heteroatoms. The van der Waals surface area contributed by atoms with E-state index in [0.717, 1.165) is 6.92 Å². The fourth-order valence-corrected chi connectivity index (χ4v) is 2.35. The van der Waals surface area contributed by atoms with Gasteiger partial charge in [0.2, 0.25) is 0 Å². The topological polar surface area (TPSA) is 35.5 Å². The molecule has 0 saturated heterocycles. The predicted octanol–water partition coefficient (Wildman–Crippen LogP) is 3.72. The molecule has 0 aliphatic heterocycles. The van der Waals surface area contributed by atoms with Gasteiger partial charge >= 0.3 is 13.8 Å². The molecule has 15 heavy (non-hydrogen) atoms. The zero-order chi connectivity index (χ0) is 12.1. The second kappa shape index (κ2) is 5.68. The van der Waals surface area contributed by atoms with Gasteiger partial charge in [-0.05, 0) is 20.8 Å². The van der Waals surface area contributed by atoms with Crippen LogP contribution in [-0.2, 0) is 13.6 Å². The standard InChI is InChI=1S/C8H14F3O3P/c1-4-13-15(12,14-5-2)6-7(3)8(9,10)11/h6H,4-5H2,1-3H3/b7-6-. The summed E-state index contributed by atoms with van der Waals surface area (Å²) in [6.07, 6.45) is -4.51. The Morgan fingerprint density at radius 3 is 1.93 bits per heavy atom. The number of halogens is 3. The Morgan fingerprint density at radius 2 is 1.67 bits per heavy atom. The summed E-state index contributed by atoms with van der Waals surface area (Å²) >= 11 is 0. The van der Waals surface area contributed by atoms with Crippen LogP contribution in [0.1, 0.15) is 20.8 Å². The van der Waals surface area contributed by atoms with E-state index in [4.69, 9.17) is 9.05 Å². The third kappa shape index (κ3) is 5.35. The molecular formula is C8H14F3O3P. The normalized spacial score (nSPS) is 14.4. The molecule has 0 radical (unpaired) electrons. The molecule has 0 rings (SSSR count). The second-order valence-corrected chi connectivity index (χ2v) is 4.54. The highest BCUT2D eigenvalue weighted by molar-refractivity contribution is 7.57. The van der Waals surface area contributed by atoms with Crippen molar-refractivity contribution in [2.75, 3.05) is 13.2 Å². The zero-order valence-corrected chi connectivity index (χ0v) is 9.69. The van der Waals surface area contributed by atoms with E-state index in [1.54, 1.807) is 0 Å². The van der Waals surface area contributed by atoms with Gasteiger partial charge in [-0.3, -0.25) is 4.57 Å². The lowest BCUT2D eigenvalue weighted by atomic mass is 10.3. The Hall–Kier alpha value is -0.320. The second-order valence-electron chi connectivity index (χ2n) is 2.69. The molecule has 0 aliphatic rings. The van der Waals surface area contributed by atoms with E-state index in [2.05, 4.69) is 0 Å². The van der Waals surface area contributed by atoms with Gasteiger partial charge in [0.15, 0.2) is 0 Å². The largest absolute Gasteiger partial charge is 0.412 e. The maximum atomic E-state index is 12.2. The Balaban J connectivity index is 4.89. The molecule has 0 saturated carbocycles. The maximum Gasteiger partial charge on any atom is 0.412 e. The minimum atomic E-state index is -4.51. The molecule has 3 nitrogen and oxygen atoms in total. The van der Waals surface area contributed by atoms with Crippen molar-refractivity contribution in [2.45, 2.75) is 26.9 Å². The first-order valence-electron chi connectivity index (χ1n) is 4.40. The Labute approximate surface area is 86.8 Å². The van der Waals surface area contributed by atoms with Gasteiger partial charge in [0.05, 0.1) is 13.2 Å². The highest BCUT2D eigenvalue weighted by Crippen LogP contribution is 2.51. The van der Waals surface area contributed by atoms with Crippen molar-refractivity contribution >= 4 is 7.60 Å². The van der Waals surface area contributed by atoms with E-state index in [9.17, 15) is 17.7 Å². The Morgan fingerprint density at radius 1 is 1.27 bits per heavy atom. The van der Waals surface area contributed by atoms with Crippen LogP contribution in [-0.4, -0.2) is 19.4 Å². The van der Waals surface area contributed by atoms with Crippen molar-refractivity contribution in [1.82, 2.24) is 0 Å². The molecule has 0 amide bonds. The van der Waals surface area contributed by atoms with Gasteiger partial charge in [-0.1, -0.05) is 0 Å². The summed E-state index contributed by atoms with van der Waals surface area (Å²) < 4.78 is 57.5. The molecule has 0 heterocycles. The quantitative estimate of drug-likeness (QED) is 0.693. The molecule has 0 N–H and O–H groups in total. The van der Waals surface area contributed by atoms with Crippen LogP contribution in [0.2, 0.25) is 0 Å². The third-order valence-corrected chi connectivity index (χ3v) is 3.36. The number of hydrogen-bond donors (Lipinski definition) is 0. The summed E-state index contributed by atoms with van der Waals surface area (Å²) in [5.41, 5.74) is -0.979. The van der Waals surface area contributed by atoms with E-state index < -0.39 is 19.3 Å². The summed E-state index contributed by atoms with van der Waals surface area (Å²) in [7, 11) is -3.75. The van der Waals surface area contributed by atoms with Crippen molar-refractivity contribution in [3.63, 3.8) is 0 Å². The third-order valence-electron chi connectivity index (χ3n) is 1.42. The van der Waals surface area contributed by atoms with Crippen LogP contribution in [0.3, 0.4) is 0 Å². The van der Waals surface area contributed by atoms with E-state index >= 15 is 0 Å². The zero-order valence-electron chi connectivity index (χ0n) is 8.80. The highest BCUT2D eigenvalue weighted by atomic mass is 31.2. The fraction of sp³-hybridized carbons (Fsp3) is 0.750. The summed E-state index contributed by atoms with van der Waals surface area (Å²) in [6.45, 7) is 3.94. The maximum absolute atomic E-state index is 12.2. The van der Waals surface area contributed by atoms with Crippen LogP contribution in [0, 0.1) is 0 Å². The van der Waals surface area contributed by atoms with E-state index in [-0.39, 0.29) is 13.2 Å². The minimum absolute atomic E-state index is 0.0267. The number of hydrogen-bond acceptors (Lipinski definition) is 3. The minimum Gasteiger partial charge on any atom is -0.306 e. The summed E-state index contributed by atoms with van der Waals surface area (Å²) in [5, 5.41) is 0. The first-order chi connectivity index (χ1) is 6.75. The van der Waals surface area contributed by atoms with Gasteiger partial charge in [0, 0.05) is 11.4 Å². The van der Waals surface area contributed by atoms with Gasteiger partial charge in [-0.15, -0.1) is 0 Å². The smallest absolute Gasteiger partial charge is 0.306 e. The van der Waals surface area contributed by atoms with Crippen LogP contribution in [0.5, 0.6) is 0 Å². The molecule has 0 aliphatic carbocycles. The van der Waals surface area contributed by atoms with E-state index in [1.165, 1.54) is 13.8 Å². The van der Waals surface area contributed by atoms with Crippen molar-refractivity contribution < 1.29 is 26.8 Å². The Kier molecular flexibility index (Phi) is 5.56. The van der Waals surface area contributed by atoms with Gasteiger partial charge in [0.1, 0.15) is 0 Å². The summed E-state index contributed by atoms with van der Waals surface area (Å²) in [4.78, 5) is 0. The van der Waals surface area contributed by atoms with E-state index in [0.29, 0.717) is 5.82 Å². The van der Waals surface area contributed by atoms with Gasteiger partial charge < -0.3 is 9.05 Å². The molecule has 0 fully saturated rings. The van der Waals surface area contributed by atoms with Crippen LogP contribution in [0.25, 0.3) is 0 Å². The average molecular weight is 246 g/mol. The Bertz CT molecular complexity index is 263. The SMILES string of the molecule is CCOP(=O)(/C=C(/C)C(F)(F)F)OCC. The molecular weight excluding hydrogens is 232 g/mol. The van der Waals surface area contributed by atoms with Gasteiger partial charge in [-0.25, -0.2) is 0 Å². The van der Waals surface area contributed by atoms with Crippen LogP contribution in [0.4, 0.5) is 13.2 Å². The lowest BCUT2D eigenvalue weighted by molar-refractivity contribution is -0.0913. The number of rotatable bonds is 5. The lowest BCUT2D eigenvalue weighted by Crippen LogP contribution is -2.09. The van der Waals surface area contributed by atoms with Crippen molar-refractivity contribution in [3.05, 3.63) is 11.4 Å². The van der Waals surface area contributed by atoms with Crippen molar-refractivity contribution in [1.29, 1.82) is 0 Å². The van der Waals surface area contributed by atoms with Crippen molar-refractivity contribution in [3.8, 4) is 0 Å². The van der Waals surface area contributed by atoms with E-state index in [1.807, 2.05) is 0 Å². The highest BCUT2D eigenvalue weighted by Gasteiger charge is 2.33. The molecule has 90 valence electrons. The predicted molar refractivity (Wildman–Crippen MR) is 50.7 cm³/mol. The molecule has 0 aromatic rings. The summed E-state index contributed by atoms with van der Waals surface area (Å²) in [6, 6.07) is 0. The average Bonchev–Trinajstić information content (AvgIpc) is 2.02. The number of alkyl halides is 3. The molecule has 0 aromatic heterocycles. The molecule has 0 bridgehead atoms.